The number of hydrogen-bond donors (Lipinski definition) is 0. The van der Waals surface area contributed by atoms with Crippen molar-refractivity contribution in [2.24, 2.45) is 0 Å². The van der Waals surface area contributed by atoms with Crippen LogP contribution in [0, 0.1) is 0 Å². The molecule has 0 aliphatic carbocycles. The summed E-state index contributed by atoms with van der Waals surface area (Å²) in [6.45, 7) is 0. The summed E-state index contributed by atoms with van der Waals surface area (Å²) in [5, 5.41) is 12.3. The maximum atomic E-state index is 6.39. The van der Waals surface area contributed by atoms with Crippen molar-refractivity contribution in [1.29, 1.82) is 0 Å². The Hall–Kier alpha value is -6.90. The topological polar surface area (TPSA) is 16.4 Å². The second-order valence-electron chi connectivity index (χ2n) is 15.7. The van der Waals surface area contributed by atoms with Gasteiger partial charge in [0.25, 0.3) is 0 Å². The number of nitrogens with zero attached hydrogens (tertiary/aromatic N) is 1. The molecule has 268 valence electrons. The number of anilines is 3. The molecule has 0 aliphatic heterocycles. The van der Waals surface area contributed by atoms with Crippen LogP contribution in [0.25, 0.3) is 87.3 Å². The van der Waals surface area contributed by atoms with Crippen molar-refractivity contribution >= 4 is 135 Å². The molecule has 1 heterocycles. The second kappa shape index (κ2) is 13.4. The average molecular weight is 735 g/mol. The third-order valence-electron chi connectivity index (χ3n) is 12.7. The first-order valence-electron chi connectivity index (χ1n) is 20.2. The number of hydrogen-bond acceptors (Lipinski definition) is 2. The van der Waals surface area contributed by atoms with E-state index in [1.807, 2.05) is 6.07 Å². The number of furan rings is 1. The van der Waals surface area contributed by atoms with Crippen LogP contribution < -0.4 is 26.8 Å². The smallest absolute Gasteiger partial charge is 0.141 e. The summed E-state index contributed by atoms with van der Waals surface area (Å²) >= 11 is 0. The van der Waals surface area contributed by atoms with Crippen molar-refractivity contribution < 1.29 is 4.42 Å². The van der Waals surface area contributed by atoms with Gasteiger partial charge in [0.05, 0.1) is 5.69 Å². The van der Waals surface area contributed by atoms with E-state index in [0.29, 0.717) is 0 Å². The van der Waals surface area contributed by atoms with Gasteiger partial charge in [-0.1, -0.05) is 161 Å². The lowest BCUT2D eigenvalue weighted by Crippen LogP contribution is -2.46. The molecule has 0 fully saturated rings. The minimum atomic E-state index is 0.916. The van der Waals surface area contributed by atoms with Crippen molar-refractivity contribution in [3.8, 4) is 22.3 Å². The standard InChI is InChI=1S/C52H37B4NO/c53-48-47(41-21-11-23-45-46(41)40-20-9-10-22-44(40)58-45)49(54)51(56)52(50(48)55)57(43-29-32-13-2-4-15-35(32)37-17-7-8-19-39(37)43)33-26-24-30(25-27-33)42-28-31-12-1-3-14-34(31)36-16-5-6-18-38(36)42/h1-29H,53-56H2. The zero-order valence-corrected chi connectivity index (χ0v) is 33.1. The Balaban J connectivity index is 1.16. The molecular formula is C52H37B4NO. The molecule has 0 amide bonds. The molecule has 0 spiro atoms. The lowest BCUT2D eigenvalue weighted by Gasteiger charge is -2.33. The molecule has 0 bridgehead atoms. The summed E-state index contributed by atoms with van der Waals surface area (Å²) in [5.74, 6) is 0. The zero-order chi connectivity index (χ0) is 39.1. The van der Waals surface area contributed by atoms with Crippen LogP contribution in [0.15, 0.2) is 180 Å². The molecule has 0 N–H and O–H groups in total. The van der Waals surface area contributed by atoms with Crippen LogP contribution in [0.1, 0.15) is 0 Å². The van der Waals surface area contributed by atoms with Gasteiger partial charge in [-0.2, -0.15) is 0 Å². The highest BCUT2D eigenvalue weighted by Gasteiger charge is 2.25. The Morgan fingerprint density at radius 1 is 0.379 bits per heavy atom. The van der Waals surface area contributed by atoms with Gasteiger partial charge in [-0.3, -0.25) is 0 Å². The number of rotatable bonds is 5. The largest absolute Gasteiger partial charge is 0.456 e. The monoisotopic (exact) mass is 735 g/mol. The molecule has 2 nitrogen and oxygen atoms in total. The van der Waals surface area contributed by atoms with Gasteiger partial charge >= 0.3 is 0 Å². The van der Waals surface area contributed by atoms with E-state index in [0.717, 1.165) is 22.2 Å². The lowest BCUT2D eigenvalue weighted by molar-refractivity contribution is 0.669. The van der Waals surface area contributed by atoms with Crippen LogP contribution in [0.2, 0.25) is 0 Å². The van der Waals surface area contributed by atoms with Crippen LogP contribution in [0.3, 0.4) is 0 Å². The molecule has 0 radical (unpaired) electrons. The highest BCUT2D eigenvalue weighted by molar-refractivity contribution is 6.63. The van der Waals surface area contributed by atoms with Gasteiger partial charge in [0.15, 0.2) is 0 Å². The van der Waals surface area contributed by atoms with E-state index in [1.54, 1.807) is 0 Å². The van der Waals surface area contributed by atoms with E-state index in [2.05, 4.69) is 206 Å². The Labute approximate surface area is 341 Å². The molecule has 10 aromatic carbocycles. The molecule has 11 aromatic rings. The highest BCUT2D eigenvalue weighted by Crippen LogP contribution is 2.43. The number of benzene rings is 10. The number of fused-ring (bicyclic) bond motifs is 9. The predicted molar refractivity (Wildman–Crippen MR) is 262 cm³/mol. The van der Waals surface area contributed by atoms with E-state index in [9.17, 15) is 0 Å². The normalized spacial score (nSPS) is 11.7. The molecule has 58 heavy (non-hydrogen) atoms. The number of para-hydroxylation sites is 1. The van der Waals surface area contributed by atoms with E-state index >= 15 is 0 Å². The first kappa shape index (κ1) is 34.4. The molecule has 0 saturated heterocycles. The minimum Gasteiger partial charge on any atom is -0.456 e. The average Bonchev–Trinajstić information content (AvgIpc) is 3.66. The first-order chi connectivity index (χ1) is 28.5. The van der Waals surface area contributed by atoms with Crippen LogP contribution in [0.5, 0.6) is 0 Å². The van der Waals surface area contributed by atoms with Crippen LogP contribution in [0.4, 0.5) is 17.1 Å². The lowest BCUT2D eigenvalue weighted by atomic mass is 9.64. The maximum absolute atomic E-state index is 6.39. The second-order valence-corrected chi connectivity index (χ2v) is 15.7. The molecule has 0 atom stereocenters. The molecule has 0 aliphatic rings. The molecular weight excluding hydrogens is 698 g/mol. The van der Waals surface area contributed by atoms with Gasteiger partial charge in [-0.15, -0.1) is 0 Å². The SMILES string of the molecule is Bc1c(B)c(N(c2ccc(-c3cc4ccccc4c4ccccc34)cc2)c2cc3ccccc3c3ccccc23)c(B)c(B)c1-c1cccc2oc3ccccc3c12. The van der Waals surface area contributed by atoms with E-state index in [-0.39, 0.29) is 0 Å². The summed E-state index contributed by atoms with van der Waals surface area (Å²) < 4.78 is 6.39. The van der Waals surface area contributed by atoms with Gasteiger partial charge < -0.3 is 9.32 Å². The third kappa shape index (κ3) is 5.18. The van der Waals surface area contributed by atoms with Crippen LogP contribution >= 0.6 is 0 Å². The fourth-order valence-corrected chi connectivity index (χ4v) is 9.71. The van der Waals surface area contributed by atoms with E-state index < -0.39 is 0 Å². The van der Waals surface area contributed by atoms with Crippen molar-refractivity contribution in [2.45, 2.75) is 0 Å². The van der Waals surface area contributed by atoms with E-state index in [4.69, 9.17) is 4.42 Å². The molecule has 1 aromatic heterocycles. The minimum absolute atomic E-state index is 0.916. The Kier molecular flexibility index (Phi) is 7.91. The summed E-state index contributed by atoms with van der Waals surface area (Å²) in [7, 11) is 9.21. The van der Waals surface area contributed by atoms with E-state index in [1.165, 1.54) is 104 Å². The van der Waals surface area contributed by atoms with Crippen molar-refractivity contribution in [3.05, 3.63) is 176 Å². The highest BCUT2D eigenvalue weighted by atomic mass is 16.3. The molecule has 0 unspecified atom stereocenters. The Morgan fingerprint density at radius 3 is 1.57 bits per heavy atom. The fraction of sp³-hybridized carbons (Fsp3) is 0. The van der Waals surface area contributed by atoms with Crippen molar-refractivity contribution in [2.75, 3.05) is 4.90 Å². The summed E-state index contributed by atoms with van der Waals surface area (Å²) in [5.41, 5.74) is 15.3. The van der Waals surface area contributed by atoms with Gasteiger partial charge in [-0.25, -0.2) is 0 Å². The quantitative estimate of drug-likeness (QED) is 0.132. The maximum Gasteiger partial charge on any atom is 0.141 e. The summed E-state index contributed by atoms with van der Waals surface area (Å²) in [6, 6.07) is 64.1. The fourth-order valence-electron chi connectivity index (χ4n) is 9.71. The Bertz CT molecular complexity index is 3430. The summed E-state index contributed by atoms with van der Waals surface area (Å²) in [4.78, 5) is 2.53. The van der Waals surface area contributed by atoms with Gasteiger partial charge in [-0.05, 0) is 96.4 Å². The van der Waals surface area contributed by atoms with Crippen LogP contribution in [-0.4, -0.2) is 31.4 Å². The first-order valence-corrected chi connectivity index (χ1v) is 20.2. The molecule has 0 saturated carbocycles. The van der Waals surface area contributed by atoms with Crippen molar-refractivity contribution in [3.63, 3.8) is 0 Å². The van der Waals surface area contributed by atoms with Gasteiger partial charge in [0.2, 0.25) is 0 Å². The van der Waals surface area contributed by atoms with Crippen LogP contribution in [-0.2, 0) is 0 Å². The van der Waals surface area contributed by atoms with Gasteiger partial charge in [0, 0.05) is 27.5 Å². The Morgan fingerprint density at radius 2 is 0.897 bits per heavy atom. The molecule has 11 rings (SSSR count). The van der Waals surface area contributed by atoms with Gasteiger partial charge in [0.1, 0.15) is 42.6 Å². The summed E-state index contributed by atoms with van der Waals surface area (Å²) in [6.07, 6.45) is 0. The zero-order valence-electron chi connectivity index (χ0n) is 33.1. The third-order valence-corrected chi connectivity index (χ3v) is 12.7. The molecule has 6 heteroatoms. The predicted octanol–water partition coefficient (Wildman–Crippen LogP) is 8.04. The van der Waals surface area contributed by atoms with Crippen molar-refractivity contribution in [1.82, 2.24) is 0 Å².